The quantitative estimate of drug-likeness (QED) is 0.747. The number of piperidine rings is 1. The van der Waals surface area contributed by atoms with Crippen LogP contribution in [-0.4, -0.2) is 57.1 Å². The standard InChI is InChI=1S/C21H32N4O2/c1-14(2)8-9-25-18-7-6-16(20(25)26)12-24(13-18)21(27)19-11-17(10-15(3)4)22-23(19)5/h8,11,15-16,18H,6-7,9-10,12-13H2,1-5H3/t16-,18+/m0/s1. The fourth-order valence-corrected chi connectivity index (χ4v) is 4.13. The first kappa shape index (κ1) is 19.6. The average Bonchev–Trinajstić information content (AvgIpc) is 2.77. The molecule has 4 heterocycles. The first-order chi connectivity index (χ1) is 12.8. The van der Waals surface area contributed by atoms with Crippen LogP contribution in [0.3, 0.4) is 0 Å². The van der Waals surface area contributed by atoms with Gasteiger partial charge in [0.05, 0.1) is 11.6 Å². The number of fused-ring (bicyclic) bond motifs is 4. The largest absolute Gasteiger partial charge is 0.334 e. The number of aryl methyl sites for hydroxylation is 1. The zero-order chi connectivity index (χ0) is 19.7. The molecule has 6 nitrogen and oxygen atoms in total. The Morgan fingerprint density at radius 1 is 1.30 bits per heavy atom. The Kier molecular flexibility index (Phi) is 5.72. The zero-order valence-electron chi connectivity index (χ0n) is 17.2. The van der Waals surface area contributed by atoms with Gasteiger partial charge < -0.3 is 9.80 Å². The van der Waals surface area contributed by atoms with Crippen molar-refractivity contribution >= 4 is 11.8 Å². The molecule has 3 fully saturated rings. The maximum absolute atomic E-state index is 13.2. The second-order valence-electron chi connectivity index (χ2n) is 8.65. The molecule has 0 N–H and O–H groups in total. The predicted molar refractivity (Wildman–Crippen MR) is 105 cm³/mol. The van der Waals surface area contributed by atoms with Crippen molar-refractivity contribution < 1.29 is 9.59 Å². The van der Waals surface area contributed by atoms with Crippen LogP contribution in [0.1, 0.15) is 56.7 Å². The van der Waals surface area contributed by atoms with E-state index in [1.165, 1.54) is 5.57 Å². The molecule has 3 aliphatic heterocycles. The second-order valence-corrected chi connectivity index (χ2v) is 8.65. The minimum absolute atomic E-state index is 0.00577. The minimum atomic E-state index is -0.0818. The summed E-state index contributed by atoms with van der Waals surface area (Å²) in [4.78, 5) is 29.9. The van der Waals surface area contributed by atoms with E-state index >= 15 is 0 Å². The summed E-state index contributed by atoms with van der Waals surface area (Å²) in [5.74, 6) is 0.609. The third kappa shape index (κ3) is 4.25. The van der Waals surface area contributed by atoms with Crippen LogP contribution in [0.2, 0.25) is 0 Å². The van der Waals surface area contributed by atoms with E-state index < -0.39 is 0 Å². The lowest BCUT2D eigenvalue weighted by Gasteiger charge is -2.35. The van der Waals surface area contributed by atoms with Crippen molar-refractivity contribution in [2.75, 3.05) is 19.6 Å². The minimum Gasteiger partial charge on any atom is -0.334 e. The Morgan fingerprint density at radius 3 is 2.70 bits per heavy atom. The number of rotatable bonds is 5. The highest BCUT2D eigenvalue weighted by Crippen LogP contribution is 2.30. The smallest absolute Gasteiger partial charge is 0.272 e. The van der Waals surface area contributed by atoms with Gasteiger partial charge in [0.2, 0.25) is 5.91 Å². The van der Waals surface area contributed by atoms with Gasteiger partial charge in [-0.05, 0) is 45.1 Å². The highest BCUT2D eigenvalue weighted by Gasteiger charge is 2.41. The van der Waals surface area contributed by atoms with E-state index in [-0.39, 0.29) is 23.8 Å². The van der Waals surface area contributed by atoms with Gasteiger partial charge >= 0.3 is 0 Å². The summed E-state index contributed by atoms with van der Waals surface area (Å²) < 4.78 is 1.69. The molecule has 148 valence electrons. The van der Waals surface area contributed by atoms with Gasteiger partial charge in [0, 0.05) is 32.7 Å². The molecule has 3 saturated heterocycles. The first-order valence-corrected chi connectivity index (χ1v) is 10.0. The van der Waals surface area contributed by atoms with Gasteiger partial charge in [0.25, 0.3) is 5.91 Å². The number of carbonyl (C=O) groups excluding carboxylic acids is 2. The van der Waals surface area contributed by atoms with Crippen molar-refractivity contribution in [1.29, 1.82) is 0 Å². The number of aromatic nitrogens is 2. The summed E-state index contributed by atoms with van der Waals surface area (Å²) in [6.07, 6.45) is 4.81. The van der Waals surface area contributed by atoms with E-state index in [2.05, 4.69) is 25.0 Å². The summed E-state index contributed by atoms with van der Waals surface area (Å²) in [6, 6.07) is 2.02. The summed E-state index contributed by atoms with van der Waals surface area (Å²) in [5.41, 5.74) is 2.79. The third-order valence-electron chi connectivity index (χ3n) is 5.54. The Morgan fingerprint density at radius 2 is 2.04 bits per heavy atom. The molecule has 6 heteroatoms. The van der Waals surface area contributed by atoms with Crippen molar-refractivity contribution in [3.63, 3.8) is 0 Å². The van der Waals surface area contributed by atoms with Crippen LogP contribution in [0.4, 0.5) is 0 Å². The lowest BCUT2D eigenvalue weighted by atomic mass is 9.94. The van der Waals surface area contributed by atoms with Gasteiger partial charge in [0.15, 0.2) is 0 Å². The second kappa shape index (κ2) is 7.87. The molecule has 2 bridgehead atoms. The predicted octanol–water partition coefficient (Wildman–Crippen LogP) is 2.65. The molecule has 2 atom stereocenters. The topological polar surface area (TPSA) is 58.4 Å². The number of hydrogen-bond donors (Lipinski definition) is 0. The molecule has 0 aromatic carbocycles. The van der Waals surface area contributed by atoms with Crippen molar-refractivity contribution in [1.82, 2.24) is 19.6 Å². The summed E-state index contributed by atoms with van der Waals surface area (Å²) in [6.45, 7) is 10.2. The van der Waals surface area contributed by atoms with E-state index in [0.29, 0.717) is 31.2 Å². The fraction of sp³-hybridized carbons (Fsp3) is 0.667. The molecular formula is C21H32N4O2. The Bertz CT molecular complexity index is 745. The van der Waals surface area contributed by atoms with Crippen molar-refractivity contribution in [2.45, 2.75) is 53.0 Å². The molecule has 0 saturated carbocycles. The molecule has 1 aromatic heterocycles. The van der Waals surface area contributed by atoms with Crippen LogP contribution >= 0.6 is 0 Å². The first-order valence-electron chi connectivity index (χ1n) is 10.0. The normalized spacial score (nSPS) is 22.4. The van der Waals surface area contributed by atoms with Gasteiger partial charge in [-0.3, -0.25) is 14.3 Å². The van der Waals surface area contributed by atoms with E-state index in [1.807, 2.05) is 36.8 Å². The molecule has 2 amide bonds. The Balaban J connectivity index is 1.79. The van der Waals surface area contributed by atoms with Crippen LogP contribution in [-0.2, 0) is 18.3 Å². The molecule has 0 aliphatic carbocycles. The van der Waals surface area contributed by atoms with Gasteiger partial charge in [-0.25, -0.2) is 0 Å². The molecule has 0 unspecified atom stereocenters. The van der Waals surface area contributed by atoms with Gasteiger partial charge in [0.1, 0.15) is 5.69 Å². The summed E-state index contributed by atoms with van der Waals surface area (Å²) in [5, 5.41) is 4.51. The van der Waals surface area contributed by atoms with E-state index in [4.69, 9.17) is 0 Å². The molecule has 0 spiro atoms. The summed E-state index contributed by atoms with van der Waals surface area (Å²) >= 11 is 0. The van der Waals surface area contributed by atoms with Gasteiger partial charge in [-0.1, -0.05) is 25.5 Å². The summed E-state index contributed by atoms with van der Waals surface area (Å²) in [7, 11) is 1.83. The molecule has 3 aliphatic rings. The lowest BCUT2D eigenvalue weighted by Crippen LogP contribution is -2.48. The number of carbonyl (C=O) groups is 2. The van der Waals surface area contributed by atoms with Gasteiger partial charge in [-0.15, -0.1) is 0 Å². The van der Waals surface area contributed by atoms with Gasteiger partial charge in [-0.2, -0.15) is 5.10 Å². The van der Waals surface area contributed by atoms with Crippen LogP contribution in [0.25, 0.3) is 0 Å². The molecule has 27 heavy (non-hydrogen) atoms. The lowest BCUT2D eigenvalue weighted by molar-refractivity contribution is -0.139. The van der Waals surface area contributed by atoms with Crippen LogP contribution in [0.15, 0.2) is 17.7 Å². The molecule has 4 rings (SSSR count). The number of nitrogens with zero attached hydrogens (tertiary/aromatic N) is 4. The van der Waals surface area contributed by atoms with E-state index in [1.54, 1.807) is 4.68 Å². The maximum atomic E-state index is 13.2. The van der Waals surface area contributed by atoms with Crippen LogP contribution in [0, 0.1) is 11.8 Å². The zero-order valence-corrected chi connectivity index (χ0v) is 17.2. The maximum Gasteiger partial charge on any atom is 0.272 e. The Labute approximate surface area is 162 Å². The molecular weight excluding hydrogens is 340 g/mol. The average molecular weight is 373 g/mol. The van der Waals surface area contributed by atoms with Crippen molar-refractivity contribution in [3.8, 4) is 0 Å². The third-order valence-corrected chi connectivity index (χ3v) is 5.54. The van der Waals surface area contributed by atoms with Crippen LogP contribution in [0.5, 0.6) is 0 Å². The molecule has 0 radical (unpaired) electrons. The van der Waals surface area contributed by atoms with E-state index in [0.717, 1.165) is 25.0 Å². The van der Waals surface area contributed by atoms with Crippen LogP contribution < -0.4 is 0 Å². The SMILES string of the molecule is CC(C)=CCN1C(=O)[C@H]2CC[C@@H]1CN(C(=O)c1cc(CC(C)C)nn1C)C2. The number of hydrogen-bond acceptors (Lipinski definition) is 3. The van der Waals surface area contributed by atoms with Crippen molar-refractivity contribution in [2.24, 2.45) is 18.9 Å². The monoisotopic (exact) mass is 372 g/mol. The number of allylic oxidation sites excluding steroid dienone is 1. The fourth-order valence-electron chi connectivity index (χ4n) is 4.13. The highest BCUT2D eigenvalue weighted by molar-refractivity contribution is 5.93. The van der Waals surface area contributed by atoms with E-state index in [9.17, 15) is 9.59 Å². The highest BCUT2D eigenvalue weighted by atomic mass is 16.2. The number of amides is 2. The molecule has 1 aromatic rings. The van der Waals surface area contributed by atoms with Crippen molar-refractivity contribution in [3.05, 3.63) is 29.1 Å². The Hall–Kier alpha value is -2.11.